The zero-order valence-electron chi connectivity index (χ0n) is 15.8. The largest absolute Gasteiger partial charge is 0.459 e. The third kappa shape index (κ3) is 4.56. The fourth-order valence-electron chi connectivity index (χ4n) is 3.27. The van der Waals surface area contributed by atoms with Crippen LogP contribution in [0.4, 0.5) is 13.2 Å². The van der Waals surface area contributed by atoms with Gasteiger partial charge in [-0.3, -0.25) is 0 Å². The van der Waals surface area contributed by atoms with Gasteiger partial charge >= 0.3 is 12.1 Å². The lowest BCUT2D eigenvalue weighted by molar-refractivity contribution is -0.331. The molecule has 0 spiro atoms. The van der Waals surface area contributed by atoms with Crippen molar-refractivity contribution in [2.45, 2.75) is 89.9 Å². The van der Waals surface area contributed by atoms with Gasteiger partial charge in [-0.05, 0) is 60.8 Å². The fraction of sp³-hybridized carbons (Fsp3) is 0.833. The van der Waals surface area contributed by atoms with Crippen LogP contribution in [-0.4, -0.2) is 40.2 Å². The first kappa shape index (κ1) is 22.0. The topological polar surface area (TPSA) is 55.8 Å². The molecule has 1 aliphatic carbocycles. The van der Waals surface area contributed by atoms with Gasteiger partial charge in [0.15, 0.2) is 5.60 Å². The summed E-state index contributed by atoms with van der Waals surface area (Å²) in [5.74, 6) is -0.798. The molecule has 25 heavy (non-hydrogen) atoms. The molecule has 1 N–H and O–H groups in total. The van der Waals surface area contributed by atoms with Crippen molar-refractivity contribution in [3.05, 3.63) is 12.2 Å². The molecule has 0 radical (unpaired) electrons. The predicted molar refractivity (Wildman–Crippen MR) is 88.0 cm³/mol. The molecule has 3 atom stereocenters. The Morgan fingerprint density at radius 3 is 2.08 bits per heavy atom. The number of hydrogen-bond donors (Lipinski definition) is 1. The van der Waals surface area contributed by atoms with Crippen molar-refractivity contribution < 1.29 is 32.5 Å². The summed E-state index contributed by atoms with van der Waals surface area (Å²) in [4.78, 5) is 11.8. The minimum absolute atomic E-state index is 0.268. The summed E-state index contributed by atoms with van der Waals surface area (Å²) in [6, 6.07) is 0. The van der Waals surface area contributed by atoms with Gasteiger partial charge in [-0.15, -0.1) is 0 Å². The van der Waals surface area contributed by atoms with Gasteiger partial charge in [0, 0.05) is 11.5 Å². The molecule has 0 amide bonds. The molecule has 4 nitrogen and oxygen atoms in total. The van der Waals surface area contributed by atoms with Crippen LogP contribution in [0.5, 0.6) is 0 Å². The first-order valence-electron chi connectivity index (χ1n) is 8.38. The number of aliphatic hydroxyl groups is 1. The summed E-state index contributed by atoms with van der Waals surface area (Å²) in [6.45, 7) is 11.5. The summed E-state index contributed by atoms with van der Waals surface area (Å²) in [6.07, 6.45) is -3.24. The Morgan fingerprint density at radius 1 is 1.12 bits per heavy atom. The highest BCUT2D eigenvalue weighted by Gasteiger charge is 2.61. The number of halogens is 3. The van der Waals surface area contributed by atoms with Crippen molar-refractivity contribution in [3.8, 4) is 0 Å². The molecular formula is C18H29F3O4. The highest BCUT2D eigenvalue weighted by molar-refractivity contribution is 5.87. The molecule has 7 heteroatoms. The maximum atomic E-state index is 13.2. The summed E-state index contributed by atoms with van der Waals surface area (Å²) in [5.41, 5.74) is -5.68. The van der Waals surface area contributed by atoms with E-state index in [1.807, 2.05) is 0 Å². The Hall–Kier alpha value is -1.08. The van der Waals surface area contributed by atoms with Crippen LogP contribution in [-0.2, 0) is 14.3 Å². The molecule has 3 unspecified atom stereocenters. The predicted octanol–water partition coefficient (Wildman–Crippen LogP) is 4.16. The Bertz CT molecular complexity index is 521. The first-order chi connectivity index (χ1) is 11.0. The van der Waals surface area contributed by atoms with Gasteiger partial charge in [0.05, 0.1) is 5.60 Å². The van der Waals surface area contributed by atoms with Gasteiger partial charge in [-0.25, -0.2) is 4.79 Å². The third-order valence-corrected chi connectivity index (χ3v) is 5.19. The van der Waals surface area contributed by atoms with E-state index >= 15 is 0 Å². The maximum absolute atomic E-state index is 13.2. The molecule has 1 rings (SSSR count). The van der Waals surface area contributed by atoms with Gasteiger partial charge in [0.1, 0.15) is 11.7 Å². The normalized spacial score (nSPS) is 24.7. The highest BCUT2D eigenvalue weighted by atomic mass is 19.4. The maximum Gasteiger partial charge on any atom is 0.419 e. The Kier molecular flexibility index (Phi) is 6.07. The Balaban J connectivity index is 2.99. The zero-order chi connectivity index (χ0) is 19.8. The summed E-state index contributed by atoms with van der Waals surface area (Å²) in [7, 11) is 0. The molecule has 0 aromatic heterocycles. The van der Waals surface area contributed by atoms with E-state index in [4.69, 9.17) is 9.47 Å². The molecule has 0 bridgehead atoms. The average Bonchev–Trinajstić information content (AvgIpc) is 2.84. The lowest BCUT2D eigenvalue weighted by atomic mass is 9.82. The van der Waals surface area contributed by atoms with E-state index < -0.39 is 35.1 Å². The molecule has 0 aromatic carbocycles. The van der Waals surface area contributed by atoms with E-state index in [1.165, 1.54) is 20.8 Å². The fourth-order valence-corrected chi connectivity index (χ4v) is 3.27. The smallest absolute Gasteiger partial charge is 0.419 e. The Morgan fingerprint density at radius 2 is 1.64 bits per heavy atom. The van der Waals surface area contributed by atoms with Crippen molar-refractivity contribution in [1.29, 1.82) is 0 Å². The quantitative estimate of drug-likeness (QED) is 0.566. The summed E-state index contributed by atoms with van der Waals surface area (Å²) in [5, 5.41) is 10.0. The van der Waals surface area contributed by atoms with Crippen LogP contribution in [0.2, 0.25) is 0 Å². The minimum atomic E-state index is -4.84. The number of hydrogen-bond acceptors (Lipinski definition) is 4. The highest BCUT2D eigenvalue weighted by Crippen LogP contribution is 2.46. The third-order valence-electron chi connectivity index (χ3n) is 5.19. The monoisotopic (exact) mass is 366 g/mol. The molecular weight excluding hydrogens is 337 g/mol. The number of alkyl halides is 3. The van der Waals surface area contributed by atoms with E-state index in [0.29, 0.717) is 19.8 Å². The van der Waals surface area contributed by atoms with E-state index in [9.17, 15) is 23.1 Å². The van der Waals surface area contributed by atoms with Crippen LogP contribution >= 0.6 is 0 Å². The summed E-state index contributed by atoms with van der Waals surface area (Å²) < 4.78 is 50.9. The number of ether oxygens (including phenoxy) is 2. The second-order valence-corrected chi connectivity index (χ2v) is 8.05. The van der Waals surface area contributed by atoms with Crippen molar-refractivity contribution in [2.24, 2.45) is 5.92 Å². The van der Waals surface area contributed by atoms with Crippen LogP contribution in [0, 0.1) is 5.92 Å². The van der Waals surface area contributed by atoms with Gasteiger partial charge in [-0.1, -0.05) is 6.58 Å². The van der Waals surface area contributed by atoms with Crippen molar-refractivity contribution in [1.82, 2.24) is 0 Å². The minimum Gasteiger partial charge on any atom is -0.459 e. The van der Waals surface area contributed by atoms with Crippen molar-refractivity contribution in [2.75, 3.05) is 0 Å². The zero-order valence-corrected chi connectivity index (χ0v) is 15.8. The van der Waals surface area contributed by atoms with E-state index in [-0.39, 0.29) is 11.5 Å². The van der Waals surface area contributed by atoms with Gasteiger partial charge < -0.3 is 14.6 Å². The number of rotatable bonds is 6. The van der Waals surface area contributed by atoms with E-state index in [1.54, 1.807) is 13.8 Å². The van der Waals surface area contributed by atoms with Gasteiger partial charge in [0.25, 0.3) is 0 Å². The Labute approximate surface area is 147 Å². The molecule has 1 saturated carbocycles. The van der Waals surface area contributed by atoms with Crippen molar-refractivity contribution >= 4 is 5.97 Å². The molecule has 0 aliphatic heterocycles. The van der Waals surface area contributed by atoms with Gasteiger partial charge in [-0.2, -0.15) is 13.2 Å². The second-order valence-electron chi connectivity index (χ2n) is 8.05. The molecule has 146 valence electrons. The standard InChI is InChI=1S/C18H29F3O4/c1-11(2)14(22)24-13-10-8-9-12(13)15(3,4)25-16(5,6)17(7,23)18(19,20)21/h12-13,23H,1,8-10H2,2-7H3. The molecule has 0 saturated heterocycles. The number of esters is 1. The second kappa shape index (κ2) is 6.91. The summed E-state index contributed by atoms with van der Waals surface area (Å²) >= 11 is 0. The lowest BCUT2D eigenvalue weighted by Gasteiger charge is -2.47. The van der Waals surface area contributed by atoms with Crippen LogP contribution < -0.4 is 0 Å². The lowest BCUT2D eigenvalue weighted by Crippen LogP contribution is -2.62. The van der Waals surface area contributed by atoms with Crippen LogP contribution in [0.15, 0.2) is 12.2 Å². The van der Waals surface area contributed by atoms with E-state index in [0.717, 1.165) is 6.42 Å². The molecule has 0 aromatic rings. The number of carbonyl (C=O) groups is 1. The molecule has 1 aliphatic rings. The van der Waals surface area contributed by atoms with Crippen molar-refractivity contribution in [3.63, 3.8) is 0 Å². The van der Waals surface area contributed by atoms with E-state index in [2.05, 4.69) is 6.58 Å². The van der Waals surface area contributed by atoms with Gasteiger partial charge in [0.2, 0.25) is 0 Å². The molecule has 0 heterocycles. The SMILES string of the molecule is C=C(C)C(=O)OC1CCCC1C(C)(C)OC(C)(C)C(C)(O)C(F)(F)F. The van der Waals surface area contributed by atoms with Crippen LogP contribution in [0.25, 0.3) is 0 Å². The van der Waals surface area contributed by atoms with Crippen LogP contribution in [0.1, 0.15) is 60.8 Å². The first-order valence-corrected chi connectivity index (χ1v) is 8.38. The van der Waals surface area contributed by atoms with Crippen LogP contribution in [0.3, 0.4) is 0 Å². The molecule has 1 fully saturated rings. The average molecular weight is 366 g/mol. The number of carbonyl (C=O) groups excluding carboxylic acids is 1.